The maximum absolute atomic E-state index is 12.5. The van der Waals surface area contributed by atoms with Crippen molar-refractivity contribution < 1.29 is 4.79 Å². The van der Waals surface area contributed by atoms with Gasteiger partial charge >= 0.3 is 0 Å². The van der Waals surface area contributed by atoms with Gasteiger partial charge < -0.3 is 5.32 Å². The Hall–Kier alpha value is -2.74. The lowest BCUT2D eigenvalue weighted by Crippen LogP contribution is -2.18. The Balaban J connectivity index is 1.39. The molecule has 0 aliphatic heterocycles. The zero-order chi connectivity index (χ0) is 20.9. The summed E-state index contributed by atoms with van der Waals surface area (Å²) in [6, 6.07) is 16.8. The number of carbonyl (C=O) groups excluding carboxylic acids is 1. The van der Waals surface area contributed by atoms with Gasteiger partial charge in [0.05, 0.1) is 18.5 Å². The van der Waals surface area contributed by atoms with Crippen molar-refractivity contribution in [3.05, 3.63) is 88.8 Å². The quantitative estimate of drug-likeness (QED) is 0.389. The zero-order valence-corrected chi connectivity index (χ0v) is 18.0. The van der Waals surface area contributed by atoms with Crippen LogP contribution in [0.15, 0.2) is 78.3 Å². The first-order chi connectivity index (χ1) is 14.6. The van der Waals surface area contributed by atoms with Gasteiger partial charge in [0.1, 0.15) is 5.82 Å². The number of imidazole rings is 1. The SMILES string of the molecule is O=C(CSc1nccn1-c1ccc(Cl)cc1)Nc1ccnn1Cc1ccccc1Cl. The number of hydrogen-bond acceptors (Lipinski definition) is 4. The molecule has 2 aromatic heterocycles. The van der Waals surface area contributed by atoms with E-state index < -0.39 is 0 Å². The molecule has 4 aromatic rings. The molecule has 2 heterocycles. The second-order valence-corrected chi connectivity index (χ2v) is 8.14. The highest BCUT2D eigenvalue weighted by atomic mass is 35.5. The van der Waals surface area contributed by atoms with E-state index in [9.17, 15) is 4.79 Å². The first-order valence-electron chi connectivity index (χ1n) is 9.07. The molecule has 30 heavy (non-hydrogen) atoms. The number of halogens is 2. The standard InChI is InChI=1S/C21H17Cl2N5OS/c22-16-5-7-17(8-6-16)27-12-11-24-21(27)30-14-20(29)26-19-9-10-25-28(19)13-15-3-1-2-4-18(15)23/h1-12H,13-14H2,(H,26,29). The Bertz CT molecular complexity index is 1160. The number of benzene rings is 2. The third kappa shape index (κ3) is 4.87. The van der Waals surface area contributed by atoms with E-state index >= 15 is 0 Å². The van der Waals surface area contributed by atoms with Crippen LogP contribution < -0.4 is 5.32 Å². The molecule has 1 amide bonds. The molecule has 1 N–H and O–H groups in total. The number of aromatic nitrogens is 4. The predicted molar refractivity (Wildman–Crippen MR) is 121 cm³/mol. The summed E-state index contributed by atoms with van der Waals surface area (Å²) in [6.07, 6.45) is 5.20. The van der Waals surface area contributed by atoms with Gasteiger partial charge in [-0.3, -0.25) is 9.36 Å². The Morgan fingerprint density at radius 1 is 1.03 bits per heavy atom. The van der Waals surface area contributed by atoms with Crippen LogP contribution in [0.25, 0.3) is 5.69 Å². The van der Waals surface area contributed by atoms with Crippen LogP contribution in [0.5, 0.6) is 0 Å². The van der Waals surface area contributed by atoms with Crippen molar-refractivity contribution in [2.24, 2.45) is 0 Å². The van der Waals surface area contributed by atoms with E-state index in [1.54, 1.807) is 23.1 Å². The summed E-state index contributed by atoms with van der Waals surface area (Å²) in [5.74, 6) is 0.676. The van der Waals surface area contributed by atoms with Gasteiger partial charge in [0.15, 0.2) is 5.16 Å². The van der Waals surface area contributed by atoms with E-state index in [1.165, 1.54) is 11.8 Å². The molecule has 6 nitrogen and oxygen atoms in total. The van der Waals surface area contributed by atoms with E-state index in [0.717, 1.165) is 16.4 Å². The lowest BCUT2D eigenvalue weighted by atomic mass is 10.2. The van der Waals surface area contributed by atoms with Gasteiger partial charge in [-0.25, -0.2) is 9.67 Å². The summed E-state index contributed by atoms with van der Waals surface area (Å²) in [6.45, 7) is 0.469. The zero-order valence-electron chi connectivity index (χ0n) is 15.7. The number of nitrogens with zero attached hydrogens (tertiary/aromatic N) is 4. The van der Waals surface area contributed by atoms with Crippen LogP contribution in [-0.2, 0) is 11.3 Å². The van der Waals surface area contributed by atoms with Crippen LogP contribution in [0.4, 0.5) is 5.82 Å². The van der Waals surface area contributed by atoms with Crippen LogP contribution in [0.2, 0.25) is 10.0 Å². The molecule has 9 heteroatoms. The molecular formula is C21H17Cl2N5OS. The minimum absolute atomic E-state index is 0.147. The van der Waals surface area contributed by atoms with E-state index in [4.69, 9.17) is 23.2 Å². The summed E-state index contributed by atoms with van der Waals surface area (Å²) in [5.41, 5.74) is 1.86. The predicted octanol–water partition coefficient (Wildman–Crippen LogP) is 5.15. The van der Waals surface area contributed by atoms with Crippen LogP contribution in [0, 0.1) is 0 Å². The fourth-order valence-electron chi connectivity index (χ4n) is 2.86. The molecule has 0 saturated carbocycles. The minimum Gasteiger partial charge on any atom is -0.310 e. The summed E-state index contributed by atoms with van der Waals surface area (Å²) >= 11 is 13.5. The molecule has 4 rings (SSSR count). The molecule has 0 bridgehead atoms. The molecule has 0 saturated heterocycles. The smallest absolute Gasteiger partial charge is 0.235 e. The Labute approximate surface area is 187 Å². The maximum atomic E-state index is 12.5. The average molecular weight is 458 g/mol. The van der Waals surface area contributed by atoms with Crippen molar-refractivity contribution in [3.63, 3.8) is 0 Å². The highest BCUT2D eigenvalue weighted by molar-refractivity contribution is 7.99. The fourth-order valence-corrected chi connectivity index (χ4v) is 3.95. The van der Waals surface area contributed by atoms with Crippen molar-refractivity contribution in [1.82, 2.24) is 19.3 Å². The van der Waals surface area contributed by atoms with Gasteiger partial charge in [0.2, 0.25) is 5.91 Å². The molecule has 0 spiro atoms. The first kappa shape index (κ1) is 20.5. The number of carbonyl (C=O) groups is 1. The van der Waals surface area contributed by atoms with Gasteiger partial charge in [-0.05, 0) is 35.9 Å². The van der Waals surface area contributed by atoms with Crippen molar-refractivity contribution in [1.29, 1.82) is 0 Å². The summed E-state index contributed by atoms with van der Waals surface area (Å²) in [4.78, 5) is 16.9. The second-order valence-electron chi connectivity index (χ2n) is 6.36. The molecular weight excluding hydrogens is 441 g/mol. The van der Waals surface area contributed by atoms with Crippen LogP contribution >= 0.6 is 35.0 Å². The van der Waals surface area contributed by atoms with E-state index in [2.05, 4.69) is 15.4 Å². The average Bonchev–Trinajstić information content (AvgIpc) is 3.38. The Morgan fingerprint density at radius 3 is 2.63 bits per heavy atom. The minimum atomic E-state index is -0.147. The van der Waals surface area contributed by atoms with Gasteiger partial charge in [0.25, 0.3) is 0 Å². The normalized spacial score (nSPS) is 10.9. The molecule has 0 aliphatic rings. The van der Waals surface area contributed by atoms with Crippen molar-refractivity contribution in [3.8, 4) is 5.69 Å². The molecule has 0 radical (unpaired) electrons. The van der Waals surface area contributed by atoms with Crippen LogP contribution in [-0.4, -0.2) is 31.0 Å². The third-order valence-electron chi connectivity index (χ3n) is 4.31. The summed E-state index contributed by atoms with van der Waals surface area (Å²) in [7, 11) is 0. The monoisotopic (exact) mass is 457 g/mol. The number of amides is 1. The van der Waals surface area contributed by atoms with Crippen molar-refractivity contribution >= 4 is 46.7 Å². The molecule has 0 unspecified atom stereocenters. The van der Waals surface area contributed by atoms with Crippen LogP contribution in [0.1, 0.15) is 5.56 Å². The second kappa shape index (κ2) is 9.38. The van der Waals surface area contributed by atoms with E-state index in [0.29, 0.717) is 22.4 Å². The number of thioether (sulfide) groups is 1. The van der Waals surface area contributed by atoms with Crippen molar-refractivity contribution in [2.75, 3.05) is 11.1 Å². The lowest BCUT2D eigenvalue weighted by Gasteiger charge is -2.10. The number of nitrogens with one attached hydrogen (secondary N) is 1. The van der Waals surface area contributed by atoms with Gasteiger partial charge in [-0.1, -0.05) is 53.2 Å². The fraction of sp³-hybridized carbons (Fsp3) is 0.0952. The van der Waals surface area contributed by atoms with Gasteiger partial charge in [0, 0.05) is 34.2 Å². The molecule has 0 aliphatic carbocycles. The highest BCUT2D eigenvalue weighted by Crippen LogP contribution is 2.22. The molecule has 0 atom stereocenters. The van der Waals surface area contributed by atoms with Gasteiger partial charge in [-0.15, -0.1) is 0 Å². The largest absolute Gasteiger partial charge is 0.310 e. The van der Waals surface area contributed by atoms with Crippen molar-refractivity contribution in [2.45, 2.75) is 11.7 Å². The molecule has 152 valence electrons. The molecule has 2 aromatic carbocycles. The van der Waals surface area contributed by atoms with E-state index in [-0.39, 0.29) is 11.7 Å². The highest BCUT2D eigenvalue weighted by Gasteiger charge is 2.12. The first-order valence-corrected chi connectivity index (χ1v) is 10.8. The lowest BCUT2D eigenvalue weighted by molar-refractivity contribution is -0.113. The Morgan fingerprint density at radius 2 is 1.83 bits per heavy atom. The Kier molecular flexibility index (Phi) is 6.42. The summed E-state index contributed by atoms with van der Waals surface area (Å²) in [5, 5.41) is 9.24. The maximum Gasteiger partial charge on any atom is 0.235 e. The number of rotatable bonds is 7. The topological polar surface area (TPSA) is 64.7 Å². The number of anilines is 1. The third-order valence-corrected chi connectivity index (χ3v) is 5.89. The van der Waals surface area contributed by atoms with Crippen LogP contribution in [0.3, 0.4) is 0 Å². The van der Waals surface area contributed by atoms with E-state index in [1.807, 2.05) is 59.3 Å². The molecule has 0 fully saturated rings. The number of hydrogen-bond donors (Lipinski definition) is 1. The van der Waals surface area contributed by atoms with Gasteiger partial charge in [-0.2, -0.15) is 5.10 Å². The summed E-state index contributed by atoms with van der Waals surface area (Å²) < 4.78 is 3.62.